The molecule has 0 rings (SSSR count). The van der Waals surface area contributed by atoms with E-state index in [4.69, 9.17) is 0 Å². The van der Waals surface area contributed by atoms with Gasteiger partial charge in [0.15, 0.2) is 0 Å². The molecule has 0 amide bonds. The number of allylic oxidation sites excluding steroid dienone is 1. The summed E-state index contributed by atoms with van der Waals surface area (Å²) in [5, 5.41) is 7.16. The van der Waals surface area contributed by atoms with E-state index in [-0.39, 0.29) is 1.43 Å². The molecule has 0 saturated heterocycles. The van der Waals surface area contributed by atoms with Gasteiger partial charge in [-0.05, 0) is 12.3 Å². The molecule has 0 heterocycles. The molecule has 60 valence electrons. The third-order valence-electron chi connectivity index (χ3n) is 1.50. The largest absolute Gasteiger partial charge is 0.265 e. The lowest BCUT2D eigenvalue weighted by Crippen LogP contribution is -2.10. The molecule has 0 spiro atoms. The first-order chi connectivity index (χ1) is 4.72. The zero-order valence-electron chi connectivity index (χ0n) is 6.89. The molecule has 0 aromatic heterocycles. The van der Waals surface area contributed by atoms with E-state index in [1.165, 1.54) is 0 Å². The summed E-state index contributed by atoms with van der Waals surface area (Å²) in [7, 11) is 1.62. The lowest BCUT2D eigenvalue weighted by molar-refractivity contribution is 0.589. The van der Waals surface area contributed by atoms with Crippen molar-refractivity contribution >= 4 is 0 Å². The summed E-state index contributed by atoms with van der Waals surface area (Å²) < 4.78 is 0. The van der Waals surface area contributed by atoms with Crippen molar-refractivity contribution in [2.24, 2.45) is 16.3 Å². The van der Waals surface area contributed by atoms with Gasteiger partial charge in [0.25, 0.3) is 0 Å². The molecule has 10 heavy (non-hydrogen) atoms. The van der Waals surface area contributed by atoms with Crippen LogP contribution in [0.3, 0.4) is 0 Å². The number of nitrogens with one attached hydrogen (secondary N) is 1. The van der Waals surface area contributed by atoms with Crippen LogP contribution in [0.1, 0.15) is 21.7 Å². The lowest BCUT2D eigenvalue weighted by atomic mass is 10.1. The van der Waals surface area contributed by atoms with Crippen molar-refractivity contribution in [3.8, 4) is 0 Å². The standard InChI is InChI=1S/C7H15N3.H2/c1-5-6(2)7(3)9-10-8-4;/h6H,3,5H2,1-2,4H3,(H,8,9);1H. The van der Waals surface area contributed by atoms with Crippen molar-refractivity contribution in [3.05, 3.63) is 12.3 Å². The highest BCUT2D eigenvalue weighted by Gasteiger charge is 2.00. The van der Waals surface area contributed by atoms with Crippen LogP contribution in [0.25, 0.3) is 0 Å². The Morgan fingerprint density at radius 1 is 1.80 bits per heavy atom. The molecule has 1 atom stereocenters. The van der Waals surface area contributed by atoms with E-state index in [0.29, 0.717) is 5.92 Å². The number of rotatable bonds is 4. The second-order valence-electron chi connectivity index (χ2n) is 2.25. The fraction of sp³-hybridized carbons (Fsp3) is 0.714. The quantitative estimate of drug-likeness (QED) is 0.476. The minimum Gasteiger partial charge on any atom is -0.265 e. The maximum Gasteiger partial charge on any atom is 0.0509 e. The van der Waals surface area contributed by atoms with Crippen molar-refractivity contribution < 1.29 is 1.43 Å². The Bertz CT molecular complexity index is 134. The first-order valence-electron chi connectivity index (χ1n) is 3.46. The van der Waals surface area contributed by atoms with Crippen LogP contribution in [0.2, 0.25) is 0 Å². The third kappa shape index (κ3) is 3.22. The Labute approximate surface area is 63.7 Å². The first kappa shape index (κ1) is 9.14. The van der Waals surface area contributed by atoms with Crippen molar-refractivity contribution in [3.63, 3.8) is 0 Å². The summed E-state index contributed by atoms with van der Waals surface area (Å²) in [5.74, 6) is 0.463. The second kappa shape index (κ2) is 4.97. The predicted octanol–water partition coefficient (Wildman–Crippen LogP) is 2.38. The Kier molecular flexibility index (Phi) is 4.54. The van der Waals surface area contributed by atoms with Gasteiger partial charge < -0.3 is 0 Å². The van der Waals surface area contributed by atoms with E-state index in [0.717, 1.165) is 12.1 Å². The lowest BCUT2D eigenvalue weighted by Gasteiger charge is -2.09. The average molecular weight is 143 g/mol. The molecule has 0 aliphatic heterocycles. The zero-order valence-corrected chi connectivity index (χ0v) is 6.89. The molecular formula is C7H17N3. The zero-order chi connectivity index (χ0) is 7.98. The van der Waals surface area contributed by atoms with E-state index in [2.05, 4.69) is 36.2 Å². The fourth-order valence-electron chi connectivity index (χ4n) is 0.471. The molecule has 3 nitrogen and oxygen atoms in total. The van der Waals surface area contributed by atoms with E-state index in [1.807, 2.05) is 0 Å². The van der Waals surface area contributed by atoms with Crippen LogP contribution >= 0.6 is 0 Å². The van der Waals surface area contributed by atoms with Crippen LogP contribution in [0, 0.1) is 5.92 Å². The Hall–Kier alpha value is -0.860. The van der Waals surface area contributed by atoms with Crippen molar-refractivity contribution in [2.75, 3.05) is 7.05 Å². The van der Waals surface area contributed by atoms with Crippen LogP contribution in [0.5, 0.6) is 0 Å². The number of nitrogens with zero attached hydrogens (tertiary/aromatic N) is 2. The van der Waals surface area contributed by atoms with Gasteiger partial charge in [-0.3, -0.25) is 5.43 Å². The molecule has 0 fully saturated rings. The monoisotopic (exact) mass is 143 g/mol. The highest BCUT2D eigenvalue weighted by Crippen LogP contribution is 2.08. The Morgan fingerprint density at radius 3 is 2.80 bits per heavy atom. The Balaban J connectivity index is 0. The van der Waals surface area contributed by atoms with Gasteiger partial charge in [0.1, 0.15) is 0 Å². The number of hydrogen-bond donors (Lipinski definition) is 1. The minimum atomic E-state index is 0. The van der Waals surface area contributed by atoms with E-state index in [1.54, 1.807) is 7.05 Å². The normalized spacial score (nSPS) is 13.5. The van der Waals surface area contributed by atoms with E-state index >= 15 is 0 Å². The van der Waals surface area contributed by atoms with Crippen molar-refractivity contribution in [2.45, 2.75) is 20.3 Å². The topological polar surface area (TPSA) is 36.8 Å². The van der Waals surface area contributed by atoms with E-state index < -0.39 is 0 Å². The summed E-state index contributed by atoms with van der Waals surface area (Å²) in [6.07, 6.45) is 1.07. The second-order valence-corrected chi connectivity index (χ2v) is 2.25. The van der Waals surface area contributed by atoms with Crippen LogP contribution in [-0.4, -0.2) is 7.05 Å². The molecule has 1 unspecified atom stereocenters. The molecule has 0 aliphatic carbocycles. The molecule has 0 bridgehead atoms. The molecule has 1 N–H and O–H groups in total. The van der Waals surface area contributed by atoms with Gasteiger partial charge in [0.05, 0.1) is 7.05 Å². The molecular weight excluding hydrogens is 126 g/mol. The first-order valence-corrected chi connectivity index (χ1v) is 3.46. The average Bonchev–Trinajstić information content (AvgIpc) is 1.98. The maximum atomic E-state index is 3.80. The highest BCUT2D eigenvalue weighted by atomic mass is 15.4. The smallest absolute Gasteiger partial charge is 0.0509 e. The molecule has 0 aromatic carbocycles. The van der Waals surface area contributed by atoms with Crippen molar-refractivity contribution in [1.82, 2.24) is 5.43 Å². The molecule has 0 aliphatic rings. The van der Waals surface area contributed by atoms with Gasteiger partial charge in [0, 0.05) is 7.12 Å². The summed E-state index contributed by atoms with van der Waals surface area (Å²) in [6.45, 7) is 8.01. The minimum absolute atomic E-state index is 0. The summed E-state index contributed by atoms with van der Waals surface area (Å²) in [4.78, 5) is 0. The van der Waals surface area contributed by atoms with Gasteiger partial charge in [-0.25, -0.2) is 0 Å². The molecule has 0 saturated carbocycles. The van der Waals surface area contributed by atoms with E-state index in [9.17, 15) is 0 Å². The van der Waals surface area contributed by atoms with Gasteiger partial charge in [-0.2, -0.15) is 5.11 Å². The van der Waals surface area contributed by atoms with Gasteiger partial charge in [-0.15, -0.1) is 0 Å². The number of hydrogen-bond acceptors (Lipinski definition) is 2. The third-order valence-corrected chi connectivity index (χ3v) is 1.50. The predicted molar refractivity (Wildman–Crippen MR) is 44.6 cm³/mol. The van der Waals surface area contributed by atoms with Crippen LogP contribution in [-0.2, 0) is 0 Å². The van der Waals surface area contributed by atoms with Gasteiger partial charge in [-0.1, -0.05) is 25.6 Å². The summed E-state index contributed by atoms with van der Waals surface area (Å²) in [6, 6.07) is 0. The summed E-state index contributed by atoms with van der Waals surface area (Å²) >= 11 is 0. The van der Waals surface area contributed by atoms with Gasteiger partial charge >= 0.3 is 0 Å². The van der Waals surface area contributed by atoms with Crippen LogP contribution in [0.4, 0.5) is 0 Å². The molecule has 3 heteroatoms. The molecule has 0 radical (unpaired) electrons. The fourth-order valence-corrected chi connectivity index (χ4v) is 0.471. The van der Waals surface area contributed by atoms with Crippen molar-refractivity contribution in [1.29, 1.82) is 0 Å². The maximum absolute atomic E-state index is 3.80. The molecule has 0 aromatic rings. The SMILES string of the molecule is C=C(NN=NC)C(C)CC.[HH]. The van der Waals surface area contributed by atoms with Crippen LogP contribution in [0.15, 0.2) is 22.6 Å². The van der Waals surface area contributed by atoms with Gasteiger partial charge in [0.2, 0.25) is 0 Å². The van der Waals surface area contributed by atoms with Crippen LogP contribution < -0.4 is 5.43 Å². The Morgan fingerprint density at radius 2 is 2.40 bits per heavy atom. The summed E-state index contributed by atoms with van der Waals surface area (Å²) in [5.41, 5.74) is 3.67. The highest BCUT2D eigenvalue weighted by molar-refractivity contribution is 4.93.